The number of benzene rings is 2. The van der Waals surface area contributed by atoms with Crippen LogP contribution >= 0.6 is 0 Å². The number of likely N-dealkylation sites (N-methyl/N-ethyl adjacent to an activating group) is 1. The topological polar surface area (TPSA) is 78.7 Å². The summed E-state index contributed by atoms with van der Waals surface area (Å²) in [6, 6.07) is 8.90. The molecule has 1 aliphatic rings. The zero-order chi connectivity index (χ0) is 15.9. The first-order valence-electron chi connectivity index (χ1n) is 7.08. The summed E-state index contributed by atoms with van der Waals surface area (Å²) in [4.78, 5) is 28.6. The number of hydrogen-bond acceptors (Lipinski definition) is 5. The molecule has 0 saturated carbocycles. The Morgan fingerprint density at radius 1 is 1.09 bits per heavy atom. The standard InChI is InChI=1S/C16H18N4O2/c1-19(2)8-9-20-15(21)11-5-3-4-10-13(18-17)7-6-12(14(10)11)16(20)22/h3-7,18H,8-9,17H2,1-2H3. The number of nitrogen functional groups attached to an aromatic ring is 1. The summed E-state index contributed by atoms with van der Waals surface area (Å²) in [6.45, 7) is 1.00. The Hall–Kier alpha value is -2.44. The van der Waals surface area contributed by atoms with Gasteiger partial charge in [-0.3, -0.25) is 20.3 Å². The van der Waals surface area contributed by atoms with Crippen molar-refractivity contribution in [1.82, 2.24) is 9.80 Å². The molecular formula is C16H18N4O2. The normalized spacial score (nSPS) is 14.1. The van der Waals surface area contributed by atoms with Crippen LogP contribution in [0.4, 0.5) is 5.69 Å². The van der Waals surface area contributed by atoms with Crippen molar-refractivity contribution in [3.8, 4) is 0 Å². The lowest BCUT2D eigenvalue weighted by molar-refractivity contribution is 0.0601. The molecule has 2 aromatic carbocycles. The van der Waals surface area contributed by atoms with E-state index in [9.17, 15) is 9.59 Å². The van der Waals surface area contributed by atoms with Crippen molar-refractivity contribution in [1.29, 1.82) is 0 Å². The third-order valence-corrected chi connectivity index (χ3v) is 3.92. The molecule has 1 aliphatic heterocycles. The molecular weight excluding hydrogens is 280 g/mol. The number of anilines is 1. The highest BCUT2D eigenvalue weighted by molar-refractivity contribution is 6.26. The average molecular weight is 298 g/mol. The highest BCUT2D eigenvalue weighted by Crippen LogP contribution is 2.33. The number of rotatable bonds is 4. The molecule has 0 unspecified atom stereocenters. The van der Waals surface area contributed by atoms with E-state index in [0.29, 0.717) is 35.3 Å². The summed E-state index contributed by atoms with van der Waals surface area (Å²) in [6.07, 6.45) is 0. The van der Waals surface area contributed by atoms with Crippen LogP contribution in [0.3, 0.4) is 0 Å². The van der Waals surface area contributed by atoms with E-state index in [1.54, 1.807) is 24.3 Å². The number of nitrogens with zero attached hydrogens (tertiary/aromatic N) is 2. The van der Waals surface area contributed by atoms with Gasteiger partial charge in [-0.2, -0.15) is 0 Å². The molecule has 0 fully saturated rings. The second kappa shape index (κ2) is 5.40. The van der Waals surface area contributed by atoms with Crippen molar-refractivity contribution in [2.45, 2.75) is 0 Å². The van der Waals surface area contributed by atoms with Crippen LogP contribution in [-0.4, -0.2) is 48.8 Å². The van der Waals surface area contributed by atoms with Crippen molar-refractivity contribution in [2.75, 3.05) is 32.6 Å². The molecule has 0 radical (unpaired) electrons. The fraction of sp³-hybridized carbons (Fsp3) is 0.250. The molecule has 6 nitrogen and oxygen atoms in total. The Bertz CT molecular complexity index is 748. The van der Waals surface area contributed by atoms with Crippen LogP contribution in [0.15, 0.2) is 30.3 Å². The van der Waals surface area contributed by atoms with Gasteiger partial charge in [0.1, 0.15) is 0 Å². The summed E-state index contributed by atoms with van der Waals surface area (Å²) in [7, 11) is 3.82. The van der Waals surface area contributed by atoms with Gasteiger partial charge < -0.3 is 10.3 Å². The lowest BCUT2D eigenvalue weighted by Gasteiger charge is -2.28. The zero-order valence-electron chi connectivity index (χ0n) is 12.6. The molecule has 1 heterocycles. The van der Waals surface area contributed by atoms with Gasteiger partial charge in [0.15, 0.2) is 0 Å². The fourth-order valence-corrected chi connectivity index (χ4v) is 2.78. The van der Waals surface area contributed by atoms with Crippen LogP contribution in [0.2, 0.25) is 0 Å². The second-order valence-corrected chi connectivity index (χ2v) is 5.60. The minimum absolute atomic E-state index is 0.251. The number of nitrogens with one attached hydrogen (secondary N) is 1. The molecule has 0 bridgehead atoms. The van der Waals surface area contributed by atoms with E-state index < -0.39 is 0 Å². The molecule has 3 N–H and O–H groups in total. The van der Waals surface area contributed by atoms with E-state index in [-0.39, 0.29) is 11.8 Å². The minimum atomic E-state index is -0.251. The predicted octanol–water partition coefficient (Wildman–Crippen LogP) is 1.28. The van der Waals surface area contributed by atoms with Crippen molar-refractivity contribution in [2.24, 2.45) is 5.84 Å². The van der Waals surface area contributed by atoms with Crippen LogP contribution in [0.25, 0.3) is 10.8 Å². The second-order valence-electron chi connectivity index (χ2n) is 5.60. The van der Waals surface area contributed by atoms with E-state index in [1.165, 1.54) is 4.90 Å². The van der Waals surface area contributed by atoms with E-state index in [2.05, 4.69) is 5.43 Å². The molecule has 6 heteroatoms. The molecule has 0 aliphatic carbocycles. The largest absolute Gasteiger partial charge is 0.324 e. The summed E-state index contributed by atoms with van der Waals surface area (Å²) in [5.74, 6) is 5.02. The van der Waals surface area contributed by atoms with Gasteiger partial charge in [0.05, 0.1) is 5.69 Å². The quantitative estimate of drug-likeness (QED) is 0.505. The van der Waals surface area contributed by atoms with Gasteiger partial charge in [-0.05, 0) is 32.3 Å². The first-order chi connectivity index (χ1) is 10.5. The summed E-state index contributed by atoms with van der Waals surface area (Å²) in [5, 5.41) is 1.46. The van der Waals surface area contributed by atoms with E-state index in [0.717, 1.165) is 5.39 Å². The Kier molecular flexibility index (Phi) is 3.56. The van der Waals surface area contributed by atoms with E-state index >= 15 is 0 Å². The van der Waals surface area contributed by atoms with Gasteiger partial charge in [0, 0.05) is 35.0 Å². The smallest absolute Gasteiger partial charge is 0.261 e. The molecule has 0 atom stereocenters. The lowest BCUT2D eigenvalue weighted by Crippen LogP contribution is -2.43. The van der Waals surface area contributed by atoms with Crippen LogP contribution in [-0.2, 0) is 0 Å². The van der Waals surface area contributed by atoms with Crippen molar-refractivity contribution in [3.63, 3.8) is 0 Å². The third kappa shape index (κ3) is 2.13. The van der Waals surface area contributed by atoms with Crippen LogP contribution in [0.1, 0.15) is 20.7 Å². The number of carbonyl (C=O) groups excluding carboxylic acids is 2. The molecule has 0 aromatic heterocycles. The number of hydrogen-bond donors (Lipinski definition) is 2. The van der Waals surface area contributed by atoms with Crippen LogP contribution in [0.5, 0.6) is 0 Å². The molecule has 22 heavy (non-hydrogen) atoms. The fourth-order valence-electron chi connectivity index (χ4n) is 2.78. The average Bonchev–Trinajstić information content (AvgIpc) is 2.51. The molecule has 3 rings (SSSR count). The van der Waals surface area contributed by atoms with Crippen molar-refractivity contribution < 1.29 is 9.59 Å². The lowest BCUT2D eigenvalue weighted by atomic mass is 9.93. The number of carbonyl (C=O) groups is 2. The molecule has 2 aromatic rings. The maximum Gasteiger partial charge on any atom is 0.261 e. The maximum absolute atomic E-state index is 12.7. The van der Waals surface area contributed by atoms with Gasteiger partial charge in [-0.25, -0.2) is 0 Å². The number of nitrogens with two attached hydrogens (primary N) is 1. The van der Waals surface area contributed by atoms with Gasteiger partial charge in [-0.1, -0.05) is 12.1 Å². The Morgan fingerprint density at radius 2 is 1.77 bits per heavy atom. The summed E-state index contributed by atoms with van der Waals surface area (Å²) < 4.78 is 0. The van der Waals surface area contributed by atoms with Crippen molar-refractivity contribution >= 4 is 28.3 Å². The van der Waals surface area contributed by atoms with E-state index in [1.807, 2.05) is 25.1 Å². The Balaban J connectivity index is 2.15. The molecule has 0 spiro atoms. The zero-order valence-corrected chi connectivity index (χ0v) is 12.6. The summed E-state index contributed by atoms with van der Waals surface area (Å²) in [5.41, 5.74) is 4.40. The summed E-state index contributed by atoms with van der Waals surface area (Å²) >= 11 is 0. The van der Waals surface area contributed by atoms with Gasteiger partial charge in [-0.15, -0.1) is 0 Å². The Labute approximate surface area is 128 Å². The molecule has 2 amide bonds. The first kappa shape index (κ1) is 14.5. The third-order valence-electron chi connectivity index (χ3n) is 3.92. The van der Waals surface area contributed by atoms with Crippen LogP contribution < -0.4 is 11.3 Å². The highest BCUT2D eigenvalue weighted by Gasteiger charge is 2.32. The minimum Gasteiger partial charge on any atom is -0.324 e. The maximum atomic E-state index is 12.7. The number of hydrazine groups is 1. The monoisotopic (exact) mass is 298 g/mol. The van der Waals surface area contributed by atoms with Crippen LogP contribution in [0, 0.1) is 0 Å². The molecule has 0 saturated heterocycles. The van der Waals surface area contributed by atoms with Gasteiger partial charge in [0.25, 0.3) is 11.8 Å². The highest BCUT2D eigenvalue weighted by atomic mass is 16.2. The number of imide groups is 1. The van der Waals surface area contributed by atoms with Crippen molar-refractivity contribution in [3.05, 3.63) is 41.5 Å². The van der Waals surface area contributed by atoms with Gasteiger partial charge >= 0.3 is 0 Å². The van der Waals surface area contributed by atoms with E-state index in [4.69, 9.17) is 5.84 Å². The van der Waals surface area contributed by atoms with Gasteiger partial charge in [0.2, 0.25) is 0 Å². The number of amides is 2. The Morgan fingerprint density at radius 3 is 2.41 bits per heavy atom. The molecule has 114 valence electrons. The predicted molar refractivity (Wildman–Crippen MR) is 85.7 cm³/mol. The first-order valence-corrected chi connectivity index (χ1v) is 7.08. The SMILES string of the molecule is CN(C)CCN1C(=O)c2cccc3c(NN)ccc(c23)C1=O.